The number of nitrogens with zero attached hydrogens (tertiary/aromatic N) is 1. The fourth-order valence-electron chi connectivity index (χ4n) is 3.43. The van der Waals surface area contributed by atoms with Crippen LogP contribution in [0.15, 0.2) is 77.7 Å². The van der Waals surface area contributed by atoms with Crippen LogP contribution in [0.5, 0.6) is 5.75 Å². The predicted octanol–water partition coefficient (Wildman–Crippen LogP) is 4.73. The zero-order chi connectivity index (χ0) is 24.0. The van der Waals surface area contributed by atoms with E-state index < -0.39 is 15.9 Å². The van der Waals surface area contributed by atoms with Crippen molar-refractivity contribution in [1.29, 1.82) is 0 Å². The second-order valence-electron chi connectivity index (χ2n) is 7.74. The van der Waals surface area contributed by atoms with E-state index in [9.17, 15) is 13.2 Å². The number of nitrogens with one attached hydrogen (secondary N) is 1. The van der Waals surface area contributed by atoms with Crippen molar-refractivity contribution in [2.75, 3.05) is 13.7 Å². The van der Waals surface area contributed by atoms with Crippen LogP contribution in [-0.4, -0.2) is 32.3 Å². The van der Waals surface area contributed by atoms with Crippen molar-refractivity contribution in [3.8, 4) is 5.75 Å². The first-order chi connectivity index (χ1) is 15.7. The Labute approximate surface area is 200 Å². The van der Waals surface area contributed by atoms with Crippen LogP contribution in [0, 0.1) is 6.92 Å². The SMILES string of the molecule is COc1ccccc1[C@@H](C)NC(=O)CN(Cc1ccc(C)cc1)S(=O)(=O)c1ccc(Cl)cc1. The molecule has 0 radical (unpaired) electrons. The van der Waals surface area contributed by atoms with E-state index in [-0.39, 0.29) is 24.0 Å². The molecule has 33 heavy (non-hydrogen) atoms. The number of carbonyl (C=O) groups excluding carboxylic acids is 1. The quantitative estimate of drug-likeness (QED) is 0.474. The van der Waals surface area contributed by atoms with E-state index >= 15 is 0 Å². The van der Waals surface area contributed by atoms with Gasteiger partial charge in [0.15, 0.2) is 0 Å². The first-order valence-electron chi connectivity index (χ1n) is 10.4. The number of carbonyl (C=O) groups is 1. The molecule has 6 nitrogen and oxygen atoms in total. The van der Waals surface area contributed by atoms with Crippen LogP contribution in [0.3, 0.4) is 0 Å². The molecule has 1 atom stereocenters. The number of hydrogen-bond acceptors (Lipinski definition) is 4. The molecule has 0 aliphatic carbocycles. The van der Waals surface area contributed by atoms with E-state index in [1.807, 2.05) is 62.4 Å². The Hall–Kier alpha value is -2.87. The van der Waals surface area contributed by atoms with Gasteiger partial charge in [0.2, 0.25) is 15.9 Å². The van der Waals surface area contributed by atoms with Gasteiger partial charge >= 0.3 is 0 Å². The van der Waals surface area contributed by atoms with Gasteiger partial charge in [-0.25, -0.2) is 8.42 Å². The maximum Gasteiger partial charge on any atom is 0.243 e. The Kier molecular flexibility index (Phi) is 8.13. The third-order valence-electron chi connectivity index (χ3n) is 5.23. The number of rotatable bonds is 9. The average molecular weight is 487 g/mol. The van der Waals surface area contributed by atoms with Crippen LogP contribution in [0.25, 0.3) is 0 Å². The lowest BCUT2D eigenvalue weighted by atomic mass is 10.1. The first-order valence-corrected chi connectivity index (χ1v) is 12.3. The van der Waals surface area contributed by atoms with E-state index in [1.54, 1.807) is 7.11 Å². The van der Waals surface area contributed by atoms with Crippen molar-refractivity contribution in [2.45, 2.75) is 31.3 Å². The Morgan fingerprint density at radius 1 is 1.03 bits per heavy atom. The molecule has 0 aliphatic heterocycles. The number of methoxy groups -OCH3 is 1. The lowest BCUT2D eigenvalue weighted by Crippen LogP contribution is -2.41. The third kappa shape index (κ3) is 6.35. The molecule has 3 aromatic rings. The minimum absolute atomic E-state index is 0.0572. The molecule has 0 spiro atoms. The van der Waals surface area contributed by atoms with Crippen molar-refractivity contribution in [1.82, 2.24) is 9.62 Å². The number of amides is 1. The second-order valence-corrected chi connectivity index (χ2v) is 10.1. The molecular formula is C25H27ClN2O4S. The Morgan fingerprint density at radius 2 is 1.67 bits per heavy atom. The highest BCUT2D eigenvalue weighted by molar-refractivity contribution is 7.89. The summed E-state index contributed by atoms with van der Waals surface area (Å²) in [4.78, 5) is 13.0. The van der Waals surface area contributed by atoms with E-state index in [2.05, 4.69) is 5.32 Å². The molecule has 3 rings (SSSR count). The highest BCUT2D eigenvalue weighted by Gasteiger charge is 2.27. The summed E-state index contributed by atoms with van der Waals surface area (Å²) in [5.41, 5.74) is 2.65. The van der Waals surface area contributed by atoms with Gasteiger partial charge in [-0.05, 0) is 49.7 Å². The van der Waals surface area contributed by atoms with Crippen LogP contribution < -0.4 is 10.1 Å². The zero-order valence-corrected chi connectivity index (χ0v) is 20.4. The molecular weight excluding hydrogens is 460 g/mol. The maximum absolute atomic E-state index is 13.4. The van der Waals surface area contributed by atoms with Gasteiger partial charge in [-0.15, -0.1) is 0 Å². The molecule has 174 valence electrons. The molecule has 0 aliphatic rings. The third-order valence-corrected chi connectivity index (χ3v) is 7.29. The maximum atomic E-state index is 13.4. The molecule has 0 bridgehead atoms. The number of sulfonamides is 1. The van der Waals surface area contributed by atoms with Crippen LogP contribution in [0.2, 0.25) is 5.02 Å². The van der Waals surface area contributed by atoms with Gasteiger partial charge in [0.1, 0.15) is 5.75 Å². The largest absolute Gasteiger partial charge is 0.496 e. The van der Waals surface area contributed by atoms with Gasteiger partial charge < -0.3 is 10.1 Å². The van der Waals surface area contributed by atoms with Crippen molar-refractivity contribution >= 4 is 27.5 Å². The second kappa shape index (κ2) is 10.8. The van der Waals surface area contributed by atoms with E-state index in [0.29, 0.717) is 10.8 Å². The normalized spacial score (nSPS) is 12.4. The number of benzene rings is 3. The summed E-state index contributed by atoms with van der Waals surface area (Å²) in [7, 11) is -2.38. The Balaban J connectivity index is 1.84. The van der Waals surface area contributed by atoms with Gasteiger partial charge in [-0.2, -0.15) is 4.31 Å². The lowest BCUT2D eigenvalue weighted by Gasteiger charge is -2.24. The molecule has 8 heteroatoms. The summed E-state index contributed by atoms with van der Waals surface area (Å²) in [5.74, 6) is 0.230. The summed E-state index contributed by atoms with van der Waals surface area (Å²) in [6.45, 7) is 3.51. The van der Waals surface area contributed by atoms with Gasteiger partial charge in [0.25, 0.3) is 0 Å². The highest BCUT2D eigenvalue weighted by Crippen LogP contribution is 2.25. The Morgan fingerprint density at radius 3 is 2.30 bits per heavy atom. The molecule has 0 unspecified atom stereocenters. The van der Waals surface area contributed by atoms with Crippen molar-refractivity contribution < 1.29 is 17.9 Å². The van der Waals surface area contributed by atoms with Crippen LogP contribution >= 0.6 is 11.6 Å². The van der Waals surface area contributed by atoms with E-state index in [0.717, 1.165) is 16.7 Å². The number of halogens is 1. The number of para-hydroxylation sites is 1. The monoisotopic (exact) mass is 486 g/mol. The van der Waals surface area contributed by atoms with Gasteiger partial charge in [-0.1, -0.05) is 59.6 Å². The predicted molar refractivity (Wildman–Crippen MR) is 130 cm³/mol. The fourth-order valence-corrected chi connectivity index (χ4v) is 4.94. The van der Waals surface area contributed by atoms with Gasteiger partial charge in [0.05, 0.1) is 24.6 Å². The highest BCUT2D eigenvalue weighted by atomic mass is 35.5. The van der Waals surface area contributed by atoms with Crippen molar-refractivity contribution in [3.05, 3.63) is 94.5 Å². The minimum Gasteiger partial charge on any atom is -0.496 e. The number of hydrogen-bond donors (Lipinski definition) is 1. The standard InChI is InChI=1S/C25H27ClN2O4S/c1-18-8-10-20(11-9-18)16-28(33(30,31)22-14-12-21(26)13-15-22)17-25(29)27-19(2)23-6-4-5-7-24(23)32-3/h4-15,19H,16-17H2,1-3H3,(H,27,29)/t19-/m1/s1. The smallest absolute Gasteiger partial charge is 0.243 e. The molecule has 0 saturated heterocycles. The van der Waals surface area contributed by atoms with Gasteiger partial charge in [0, 0.05) is 17.1 Å². The molecule has 0 heterocycles. The van der Waals surface area contributed by atoms with Gasteiger partial charge in [-0.3, -0.25) is 4.79 Å². The molecule has 0 aromatic heterocycles. The molecule has 1 N–H and O–H groups in total. The van der Waals surface area contributed by atoms with Crippen molar-refractivity contribution in [2.24, 2.45) is 0 Å². The summed E-state index contributed by atoms with van der Waals surface area (Å²) >= 11 is 5.93. The fraction of sp³-hybridized carbons (Fsp3) is 0.240. The minimum atomic E-state index is -3.95. The lowest BCUT2D eigenvalue weighted by molar-refractivity contribution is -0.122. The van der Waals surface area contributed by atoms with Crippen LogP contribution in [-0.2, 0) is 21.4 Å². The van der Waals surface area contributed by atoms with E-state index in [4.69, 9.17) is 16.3 Å². The average Bonchev–Trinajstić information content (AvgIpc) is 2.80. The molecule has 3 aromatic carbocycles. The number of aryl methyl sites for hydroxylation is 1. The Bertz CT molecular complexity index is 1200. The molecule has 0 fully saturated rings. The van der Waals surface area contributed by atoms with Crippen molar-refractivity contribution in [3.63, 3.8) is 0 Å². The first kappa shape index (κ1) is 24.8. The number of ether oxygens (including phenoxy) is 1. The van der Waals surface area contributed by atoms with Crippen LogP contribution in [0.1, 0.15) is 29.7 Å². The van der Waals surface area contributed by atoms with E-state index in [1.165, 1.54) is 28.6 Å². The zero-order valence-electron chi connectivity index (χ0n) is 18.8. The summed E-state index contributed by atoms with van der Waals surface area (Å²) < 4.78 is 33.3. The van der Waals surface area contributed by atoms with Crippen LogP contribution in [0.4, 0.5) is 0 Å². The summed E-state index contributed by atoms with van der Waals surface area (Å²) in [6.07, 6.45) is 0. The molecule has 1 amide bonds. The topological polar surface area (TPSA) is 75.7 Å². The molecule has 0 saturated carbocycles. The summed E-state index contributed by atoms with van der Waals surface area (Å²) in [5, 5.41) is 3.32. The summed E-state index contributed by atoms with van der Waals surface area (Å²) in [6, 6.07) is 20.4.